The van der Waals surface area contributed by atoms with Gasteiger partial charge in [0.05, 0.1) is 22.1 Å². The van der Waals surface area contributed by atoms with Crippen LogP contribution in [0.1, 0.15) is 71.0 Å². The number of likely N-dealkylation sites (N-methyl/N-ethyl adjacent to an activating group) is 1. The van der Waals surface area contributed by atoms with Crippen LogP contribution in [0.15, 0.2) is 54.1 Å². The zero-order valence-corrected chi connectivity index (χ0v) is 28.8. The molecule has 2 aromatic rings. The standard InChI is InChI=1S/C34H44IN3O7/c1-19-13-20(2)15-22(4)45-31(41)18-28(25-8-10-26(39)11-9-25)37-33(43)29(17-24-7-12-30(40)27(35)16-24)38(6)34(44)23(5)36-32(42)21(3)14-19/h7-13,16,20-23,28-29,39-40H,14-15,17-18H2,1-6H3,(H,36,42)(H,37,43)/t20-,21-,22-,23-,28+,29-/m0/s1. The predicted octanol–water partition coefficient (Wildman–Crippen LogP) is 4.77. The van der Waals surface area contributed by atoms with Gasteiger partial charge in [-0.1, -0.05) is 43.7 Å². The molecule has 0 saturated carbocycles. The zero-order valence-electron chi connectivity index (χ0n) is 26.7. The van der Waals surface area contributed by atoms with Crippen molar-refractivity contribution in [1.82, 2.24) is 15.5 Å². The average molecular weight is 734 g/mol. The van der Waals surface area contributed by atoms with Crippen molar-refractivity contribution in [2.75, 3.05) is 7.05 Å². The smallest absolute Gasteiger partial charge is 0.308 e. The molecular formula is C34H44IN3O7. The number of cyclic esters (lactones) is 1. The number of hydrogen-bond donors (Lipinski definition) is 4. The molecular weight excluding hydrogens is 689 g/mol. The minimum absolute atomic E-state index is 0.0326. The first-order chi connectivity index (χ1) is 21.1. The Balaban J connectivity index is 2.03. The summed E-state index contributed by atoms with van der Waals surface area (Å²) in [4.78, 5) is 55.2. The number of amides is 3. The highest BCUT2D eigenvalue weighted by Crippen LogP contribution is 2.25. The summed E-state index contributed by atoms with van der Waals surface area (Å²) in [5, 5.41) is 25.6. The summed E-state index contributed by atoms with van der Waals surface area (Å²) in [5.41, 5.74) is 2.29. The molecule has 0 radical (unpaired) electrons. The molecule has 45 heavy (non-hydrogen) atoms. The van der Waals surface area contributed by atoms with Gasteiger partial charge < -0.3 is 30.5 Å². The maximum Gasteiger partial charge on any atom is 0.308 e. The molecule has 3 amide bonds. The van der Waals surface area contributed by atoms with Crippen LogP contribution in [0, 0.1) is 15.4 Å². The van der Waals surface area contributed by atoms with Gasteiger partial charge >= 0.3 is 5.97 Å². The quantitative estimate of drug-likeness (QED) is 0.202. The van der Waals surface area contributed by atoms with E-state index in [0.29, 0.717) is 27.5 Å². The summed E-state index contributed by atoms with van der Waals surface area (Å²) in [6.07, 6.45) is 2.68. The van der Waals surface area contributed by atoms with Gasteiger partial charge in [-0.15, -0.1) is 0 Å². The maximum absolute atomic E-state index is 14.0. The molecule has 0 saturated heterocycles. The topological polar surface area (TPSA) is 145 Å². The number of nitrogens with one attached hydrogen (secondary N) is 2. The first kappa shape index (κ1) is 35.9. The lowest BCUT2D eigenvalue weighted by Gasteiger charge is -2.32. The van der Waals surface area contributed by atoms with Crippen molar-refractivity contribution in [2.45, 2.75) is 84.5 Å². The van der Waals surface area contributed by atoms with Crippen molar-refractivity contribution < 1.29 is 34.1 Å². The minimum Gasteiger partial charge on any atom is -0.508 e. The van der Waals surface area contributed by atoms with E-state index in [1.54, 1.807) is 38.1 Å². The summed E-state index contributed by atoms with van der Waals surface area (Å²) >= 11 is 1.99. The number of benzene rings is 2. The Kier molecular flexibility index (Phi) is 12.8. The number of allylic oxidation sites excluding steroid dienone is 2. The van der Waals surface area contributed by atoms with E-state index in [9.17, 15) is 29.4 Å². The van der Waals surface area contributed by atoms with E-state index in [4.69, 9.17) is 4.74 Å². The Labute approximate surface area is 278 Å². The number of hydrogen-bond acceptors (Lipinski definition) is 7. The van der Waals surface area contributed by atoms with E-state index < -0.39 is 47.9 Å². The highest BCUT2D eigenvalue weighted by atomic mass is 127. The molecule has 1 heterocycles. The lowest BCUT2D eigenvalue weighted by Crippen LogP contribution is -2.55. The summed E-state index contributed by atoms with van der Waals surface area (Å²) in [6.45, 7) is 9.19. The van der Waals surface area contributed by atoms with Crippen LogP contribution in [0.2, 0.25) is 0 Å². The van der Waals surface area contributed by atoms with Crippen molar-refractivity contribution in [1.29, 1.82) is 0 Å². The van der Waals surface area contributed by atoms with E-state index in [2.05, 4.69) is 16.7 Å². The molecule has 0 aliphatic carbocycles. The second-order valence-corrected chi connectivity index (χ2v) is 13.3. The van der Waals surface area contributed by atoms with Gasteiger partial charge in [0, 0.05) is 19.4 Å². The Morgan fingerprint density at radius 2 is 1.60 bits per heavy atom. The lowest BCUT2D eigenvalue weighted by atomic mass is 9.95. The molecule has 1 aliphatic heterocycles. The van der Waals surface area contributed by atoms with Gasteiger partial charge in [0.2, 0.25) is 17.7 Å². The van der Waals surface area contributed by atoms with Crippen LogP contribution in [-0.2, 0) is 30.3 Å². The SMILES string of the molecule is CC1=C[C@H](C)C[C@H](C)OC(=O)C[C@H](c2ccc(O)cc2)NC(=O)[C@H](Cc2ccc(O)c(I)c2)N(C)C(=O)[C@H](C)NC(=O)[C@@H](C)C1. The Bertz CT molecular complexity index is 1410. The minimum atomic E-state index is -1.03. The number of phenolic OH excluding ortho intramolecular Hbond substituents is 2. The van der Waals surface area contributed by atoms with Gasteiger partial charge in [-0.2, -0.15) is 0 Å². The lowest BCUT2D eigenvalue weighted by molar-refractivity contribution is -0.149. The van der Waals surface area contributed by atoms with Crippen LogP contribution >= 0.6 is 22.6 Å². The van der Waals surface area contributed by atoms with Crippen LogP contribution < -0.4 is 10.6 Å². The van der Waals surface area contributed by atoms with Gasteiger partial charge in [0.15, 0.2) is 0 Å². The molecule has 0 fully saturated rings. The number of phenols is 2. The monoisotopic (exact) mass is 733 g/mol. The van der Waals surface area contributed by atoms with Crippen LogP contribution in [0.5, 0.6) is 11.5 Å². The number of carbonyl (C=O) groups is 4. The molecule has 2 aromatic carbocycles. The fourth-order valence-electron chi connectivity index (χ4n) is 5.62. The molecule has 1 aliphatic rings. The van der Waals surface area contributed by atoms with Gasteiger partial charge in [-0.3, -0.25) is 19.2 Å². The van der Waals surface area contributed by atoms with Gasteiger partial charge in [-0.25, -0.2) is 0 Å². The molecule has 0 unspecified atom stereocenters. The molecule has 0 bridgehead atoms. The number of carbonyl (C=O) groups excluding carboxylic acids is 4. The summed E-state index contributed by atoms with van der Waals surface area (Å²) in [6, 6.07) is 8.36. The second-order valence-electron chi connectivity index (χ2n) is 12.2. The number of ether oxygens (including phenoxy) is 1. The second kappa shape index (κ2) is 16.1. The Hall–Kier alpha value is -3.61. The number of esters is 1. The number of rotatable bonds is 3. The van der Waals surface area contributed by atoms with Gasteiger partial charge in [0.1, 0.15) is 23.6 Å². The Morgan fingerprint density at radius 1 is 0.933 bits per heavy atom. The number of aromatic hydroxyl groups is 2. The molecule has 6 atom stereocenters. The van der Waals surface area contributed by atoms with Crippen molar-refractivity contribution in [2.24, 2.45) is 11.8 Å². The first-order valence-electron chi connectivity index (χ1n) is 15.1. The van der Waals surface area contributed by atoms with Crippen LogP contribution in [0.3, 0.4) is 0 Å². The van der Waals surface area contributed by atoms with Crippen LogP contribution in [0.4, 0.5) is 0 Å². The highest BCUT2D eigenvalue weighted by molar-refractivity contribution is 14.1. The molecule has 11 heteroatoms. The van der Waals surface area contributed by atoms with Gasteiger partial charge in [-0.05, 0) is 97.5 Å². The molecule has 3 rings (SSSR count). The number of nitrogens with zero attached hydrogens (tertiary/aromatic N) is 1. The summed E-state index contributed by atoms with van der Waals surface area (Å²) in [5.74, 6) is -1.94. The predicted molar refractivity (Wildman–Crippen MR) is 179 cm³/mol. The van der Waals surface area contributed by atoms with Crippen molar-refractivity contribution in [3.05, 3.63) is 68.8 Å². The maximum atomic E-state index is 14.0. The largest absolute Gasteiger partial charge is 0.508 e. The van der Waals surface area contributed by atoms with E-state index in [1.807, 2.05) is 43.4 Å². The van der Waals surface area contributed by atoms with Crippen molar-refractivity contribution in [3.63, 3.8) is 0 Å². The highest BCUT2D eigenvalue weighted by Gasteiger charge is 2.33. The molecule has 4 N–H and O–H groups in total. The van der Waals surface area contributed by atoms with Crippen LogP contribution in [0.25, 0.3) is 0 Å². The van der Waals surface area contributed by atoms with E-state index >= 15 is 0 Å². The zero-order chi connectivity index (χ0) is 33.4. The van der Waals surface area contributed by atoms with Crippen LogP contribution in [-0.4, -0.2) is 64.0 Å². The van der Waals surface area contributed by atoms with Crippen molar-refractivity contribution in [3.8, 4) is 11.5 Å². The third kappa shape index (κ3) is 10.5. The fraction of sp³-hybridized carbons (Fsp3) is 0.471. The van der Waals surface area contributed by atoms with E-state index in [1.165, 1.54) is 30.1 Å². The molecule has 0 spiro atoms. The molecule has 10 nitrogen and oxygen atoms in total. The first-order valence-corrected chi connectivity index (χ1v) is 16.2. The molecule has 244 valence electrons. The fourth-order valence-corrected chi connectivity index (χ4v) is 6.20. The van der Waals surface area contributed by atoms with E-state index in [-0.39, 0.29) is 36.2 Å². The third-order valence-corrected chi connectivity index (χ3v) is 8.82. The summed E-state index contributed by atoms with van der Waals surface area (Å²) in [7, 11) is 1.51. The van der Waals surface area contributed by atoms with Crippen molar-refractivity contribution >= 4 is 46.3 Å². The third-order valence-electron chi connectivity index (χ3n) is 7.95. The normalized spacial score (nSPS) is 26.5. The summed E-state index contributed by atoms with van der Waals surface area (Å²) < 4.78 is 6.33. The van der Waals surface area contributed by atoms with E-state index in [0.717, 1.165) is 5.57 Å². The average Bonchev–Trinajstić information content (AvgIpc) is 2.95. The van der Waals surface area contributed by atoms with Gasteiger partial charge in [0.25, 0.3) is 0 Å². The molecule has 0 aromatic heterocycles. The Morgan fingerprint density at radius 3 is 2.24 bits per heavy atom. The number of halogens is 1.